The number of benzene rings is 1. The number of hydrogen-bond donors (Lipinski definition) is 2. The molecule has 0 spiro atoms. The third kappa shape index (κ3) is 3.76. The number of hydrogen-bond acceptors (Lipinski definition) is 6. The molecule has 8 heteroatoms. The molecule has 0 atom stereocenters. The van der Waals surface area contributed by atoms with Crippen molar-refractivity contribution in [1.29, 1.82) is 0 Å². The first-order valence-corrected chi connectivity index (χ1v) is 8.95. The smallest absolute Gasteiger partial charge is 0.238 e. The number of imidazole rings is 1. The molecule has 1 saturated heterocycles. The molecule has 1 aliphatic heterocycles. The highest BCUT2D eigenvalue weighted by Crippen LogP contribution is 2.25. The maximum Gasteiger partial charge on any atom is 0.238 e. The first-order chi connectivity index (χ1) is 13.2. The van der Waals surface area contributed by atoms with E-state index in [0.29, 0.717) is 19.8 Å². The minimum atomic E-state index is -0.0196. The second-order valence-electron chi connectivity index (χ2n) is 6.38. The summed E-state index contributed by atoms with van der Waals surface area (Å²) in [6, 6.07) is 7.78. The predicted molar refractivity (Wildman–Crippen MR) is 104 cm³/mol. The highest BCUT2D eigenvalue weighted by Gasteiger charge is 2.15. The molecular formula is C19H22N6O2. The van der Waals surface area contributed by atoms with Crippen LogP contribution in [-0.2, 0) is 9.53 Å². The van der Waals surface area contributed by atoms with E-state index in [0.717, 1.165) is 41.5 Å². The van der Waals surface area contributed by atoms with Crippen LogP contribution in [-0.4, -0.2) is 65.1 Å². The molecular weight excluding hydrogens is 344 g/mol. The minimum absolute atomic E-state index is 0.0196. The molecule has 0 radical (unpaired) electrons. The molecule has 3 aromatic rings. The number of nitrogens with zero attached hydrogens (tertiary/aromatic N) is 4. The van der Waals surface area contributed by atoms with Crippen molar-refractivity contribution in [2.75, 3.05) is 50.5 Å². The van der Waals surface area contributed by atoms with E-state index in [9.17, 15) is 4.79 Å². The summed E-state index contributed by atoms with van der Waals surface area (Å²) in [6.45, 7) is 3.32. The van der Waals surface area contributed by atoms with Gasteiger partial charge in [-0.3, -0.25) is 14.1 Å². The molecule has 1 amide bonds. The monoisotopic (exact) mass is 366 g/mol. The Morgan fingerprint density at radius 2 is 2.11 bits per heavy atom. The van der Waals surface area contributed by atoms with E-state index < -0.39 is 0 Å². The van der Waals surface area contributed by atoms with E-state index >= 15 is 0 Å². The number of nitrogens with one attached hydrogen (secondary N) is 2. The lowest BCUT2D eigenvalue weighted by Crippen LogP contribution is -2.41. The average molecular weight is 366 g/mol. The normalized spacial score (nSPS) is 15.0. The second-order valence-corrected chi connectivity index (χ2v) is 6.38. The number of aromatic nitrogens is 3. The fourth-order valence-electron chi connectivity index (χ4n) is 3.23. The maximum absolute atomic E-state index is 12.3. The Balaban J connectivity index is 1.53. The maximum atomic E-state index is 12.3. The van der Waals surface area contributed by atoms with Gasteiger partial charge in [-0.25, -0.2) is 9.97 Å². The molecule has 140 valence electrons. The van der Waals surface area contributed by atoms with Crippen LogP contribution in [0.15, 0.2) is 42.9 Å². The van der Waals surface area contributed by atoms with Crippen molar-refractivity contribution in [3.8, 4) is 11.3 Å². The molecule has 1 aliphatic rings. The minimum Gasteiger partial charge on any atom is -0.379 e. The van der Waals surface area contributed by atoms with E-state index in [1.165, 1.54) is 0 Å². The Bertz CT molecular complexity index is 948. The lowest BCUT2D eigenvalue weighted by molar-refractivity contribution is -0.118. The summed E-state index contributed by atoms with van der Waals surface area (Å²) in [6.07, 6.45) is 5.42. The third-order valence-electron chi connectivity index (χ3n) is 4.58. The van der Waals surface area contributed by atoms with Crippen molar-refractivity contribution in [3.63, 3.8) is 0 Å². The van der Waals surface area contributed by atoms with Crippen molar-refractivity contribution < 1.29 is 9.53 Å². The zero-order chi connectivity index (χ0) is 18.6. The van der Waals surface area contributed by atoms with Crippen molar-refractivity contribution in [2.45, 2.75) is 0 Å². The highest BCUT2D eigenvalue weighted by atomic mass is 16.5. The Kier molecular flexibility index (Phi) is 4.99. The van der Waals surface area contributed by atoms with Gasteiger partial charge >= 0.3 is 0 Å². The molecule has 0 aliphatic carbocycles. The Morgan fingerprint density at radius 3 is 2.93 bits per heavy atom. The van der Waals surface area contributed by atoms with Crippen LogP contribution in [0.25, 0.3) is 16.9 Å². The highest BCUT2D eigenvalue weighted by molar-refractivity contribution is 5.93. The molecule has 0 bridgehead atoms. The average Bonchev–Trinajstić information content (AvgIpc) is 3.13. The van der Waals surface area contributed by atoms with Crippen LogP contribution in [0, 0.1) is 0 Å². The van der Waals surface area contributed by atoms with Gasteiger partial charge in [0.05, 0.1) is 31.6 Å². The van der Waals surface area contributed by atoms with Crippen molar-refractivity contribution in [3.05, 3.63) is 42.9 Å². The molecule has 0 unspecified atom stereocenters. The van der Waals surface area contributed by atoms with Gasteiger partial charge in [0.25, 0.3) is 0 Å². The SMILES string of the molecule is CNc1nccn2c(-c3cccc(NC(=O)CN4CCOCC4)c3)cnc12. The molecule has 0 saturated carbocycles. The number of rotatable bonds is 5. The lowest BCUT2D eigenvalue weighted by atomic mass is 10.1. The Labute approximate surface area is 157 Å². The quantitative estimate of drug-likeness (QED) is 0.715. The van der Waals surface area contributed by atoms with Crippen LogP contribution in [0.4, 0.5) is 11.5 Å². The van der Waals surface area contributed by atoms with Crippen LogP contribution in [0.2, 0.25) is 0 Å². The standard InChI is InChI=1S/C19H22N6O2/c1-20-18-19-22-12-16(25(19)6-5-21-18)14-3-2-4-15(11-14)23-17(26)13-24-7-9-27-10-8-24/h2-6,11-12H,7-10,13H2,1H3,(H,20,21)(H,23,26). The van der Waals surface area contributed by atoms with Crippen LogP contribution in [0.1, 0.15) is 0 Å². The third-order valence-corrected chi connectivity index (χ3v) is 4.58. The molecule has 3 heterocycles. The molecule has 2 N–H and O–H groups in total. The molecule has 27 heavy (non-hydrogen) atoms. The van der Waals surface area contributed by atoms with Crippen molar-refractivity contribution in [2.24, 2.45) is 0 Å². The van der Waals surface area contributed by atoms with Crippen molar-refractivity contribution in [1.82, 2.24) is 19.3 Å². The summed E-state index contributed by atoms with van der Waals surface area (Å²) in [5, 5.41) is 6.03. The van der Waals surface area contributed by atoms with Crippen molar-refractivity contribution >= 4 is 23.1 Å². The summed E-state index contributed by atoms with van der Waals surface area (Å²) in [5.41, 5.74) is 3.44. The van der Waals surface area contributed by atoms with E-state index in [2.05, 4.69) is 25.5 Å². The summed E-state index contributed by atoms with van der Waals surface area (Å²) in [5.74, 6) is 0.701. The molecule has 2 aromatic heterocycles. The van der Waals surface area contributed by atoms with Gasteiger partial charge in [-0.2, -0.15) is 0 Å². The molecule has 8 nitrogen and oxygen atoms in total. The first-order valence-electron chi connectivity index (χ1n) is 8.95. The zero-order valence-electron chi connectivity index (χ0n) is 15.2. The Morgan fingerprint density at radius 1 is 1.26 bits per heavy atom. The van der Waals surface area contributed by atoms with Gasteiger partial charge in [-0.05, 0) is 12.1 Å². The van der Waals surface area contributed by atoms with Gasteiger partial charge in [0, 0.05) is 43.8 Å². The van der Waals surface area contributed by atoms with Crippen LogP contribution in [0.5, 0.6) is 0 Å². The summed E-state index contributed by atoms with van der Waals surface area (Å²) in [7, 11) is 1.82. The second kappa shape index (κ2) is 7.73. The Hall–Kier alpha value is -2.97. The van der Waals surface area contributed by atoms with E-state index in [4.69, 9.17) is 4.74 Å². The van der Waals surface area contributed by atoms with Gasteiger partial charge in [0.1, 0.15) is 0 Å². The largest absolute Gasteiger partial charge is 0.379 e. The summed E-state index contributed by atoms with van der Waals surface area (Å²) >= 11 is 0. The molecule has 4 rings (SSSR count). The fraction of sp³-hybridized carbons (Fsp3) is 0.316. The lowest BCUT2D eigenvalue weighted by Gasteiger charge is -2.25. The number of anilines is 2. The molecule has 1 aromatic carbocycles. The van der Waals surface area contributed by atoms with Gasteiger partial charge < -0.3 is 15.4 Å². The number of morpholine rings is 1. The topological polar surface area (TPSA) is 83.8 Å². The van der Waals surface area contributed by atoms with Gasteiger partial charge in [-0.15, -0.1) is 0 Å². The van der Waals surface area contributed by atoms with E-state index in [1.807, 2.05) is 48.1 Å². The van der Waals surface area contributed by atoms with E-state index in [1.54, 1.807) is 6.20 Å². The first kappa shape index (κ1) is 17.4. The van der Waals surface area contributed by atoms with Crippen LogP contribution < -0.4 is 10.6 Å². The summed E-state index contributed by atoms with van der Waals surface area (Å²) < 4.78 is 7.30. The van der Waals surface area contributed by atoms with Gasteiger partial charge in [-0.1, -0.05) is 12.1 Å². The van der Waals surface area contributed by atoms with Gasteiger partial charge in [0.15, 0.2) is 11.5 Å². The van der Waals surface area contributed by atoms with Crippen LogP contribution in [0.3, 0.4) is 0 Å². The molecule has 1 fully saturated rings. The number of ether oxygens (including phenoxy) is 1. The fourth-order valence-corrected chi connectivity index (χ4v) is 3.23. The van der Waals surface area contributed by atoms with E-state index in [-0.39, 0.29) is 5.91 Å². The van der Waals surface area contributed by atoms with Gasteiger partial charge in [0.2, 0.25) is 5.91 Å². The van der Waals surface area contributed by atoms with Crippen LogP contribution >= 0.6 is 0 Å². The summed E-state index contributed by atoms with van der Waals surface area (Å²) in [4.78, 5) is 23.2. The zero-order valence-corrected chi connectivity index (χ0v) is 15.2. The number of carbonyl (C=O) groups is 1. The number of carbonyl (C=O) groups excluding carboxylic acids is 1. The predicted octanol–water partition coefficient (Wildman–Crippen LogP) is 1.71. The number of amides is 1. The number of fused-ring (bicyclic) bond motifs is 1.